The molecule has 0 aliphatic rings. The quantitative estimate of drug-likeness (QED) is 0.432. The Morgan fingerprint density at radius 2 is 2.10 bits per heavy atom. The molecule has 0 bridgehead atoms. The van der Waals surface area contributed by atoms with E-state index in [1.54, 1.807) is 13.3 Å². The van der Waals surface area contributed by atoms with Gasteiger partial charge in [-0.2, -0.15) is 4.98 Å². The molecule has 10 heteroatoms. The van der Waals surface area contributed by atoms with Crippen molar-refractivity contribution in [3.8, 4) is 11.1 Å². The van der Waals surface area contributed by atoms with Crippen LogP contribution in [0.2, 0.25) is 5.02 Å². The summed E-state index contributed by atoms with van der Waals surface area (Å²) in [7, 11) is 1.62. The highest BCUT2D eigenvalue weighted by Gasteiger charge is 2.13. The molecule has 0 radical (unpaired) electrons. The highest BCUT2D eigenvalue weighted by Crippen LogP contribution is 2.28. The molecule has 0 saturated carbocycles. The van der Waals surface area contributed by atoms with Crippen LogP contribution in [0.3, 0.4) is 0 Å². The molecule has 3 N–H and O–H groups in total. The molecule has 156 valence electrons. The Balaban J connectivity index is 1.92. The monoisotopic (exact) mass is 431 g/mol. The summed E-state index contributed by atoms with van der Waals surface area (Å²) >= 11 is 5.82. The number of carbonyl (C=O) groups is 1. The van der Waals surface area contributed by atoms with Gasteiger partial charge in [-0.25, -0.2) is 14.2 Å². The maximum atomic E-state index is 13.4. The zero-order valence-electron chi connectivity index (χ0n) is 16.0. The van der Waals surface area contributed by atoms with Crippen LogP contribution in [0.25, 0.3) is 11.1 Å². The number of hydrogen-bond acceptors (Lipinski definition) is 7. The first-order valence-corrected chi connectivity index (χ1v) is 9.36. The predicted molar refractivity (Wildman–Crippen MR) is 112 cm³/mol. The van der Waals surface area contributed by atoms with E-state index < -0.39 is 11.8 Å². The van der Waals surface area contributed by atoms with Gasteiger partial charge in [0, 0.05) is 55.7 Å². The van der Waals surface area contributed by atoms with E-state index in [2.05, 4.69) is 25.6 Å². The second-order valence-corrected chi connectivity index (χ2v) is 6.66. The van der Waals surface area contributed by atoms with Crippen molar-refractivity contribution in [1.29, 1.82) is 0 Å². The molecular weight excluding hydrogens is 413 g/mol. The van der Waals surface area contributed by atoms with Crippen LogP contribution in [0.15, 0.2) is 42.9 Å². The molecular formula is C20H19ClFN5O3. The number of hydrogen-bond donors (Lipinski definition) is 3. The number of methoxy groups -OCH3 is 1. The fourth-order valence-electron chi connectivity index (χ4n) is 2.62. The maximum Gasteiger partial charge on any atom is 0.337 e. The minimum absolute atomic E-state index is 0.0221. The van der Waals surface area contributed by atoms with Crippen LogP contribution in [0.4, 0.5) is 21.8 Å². The largest absolute Gasteiger partial charge is 0.478 e. The molecule has 1 aromatic carbocycles. The predicted octanol–water partition coefficient (Wildman–Crippen LogP) is 4.22. The number of aromatic nitrogens is 3. The third-order valence-electron chi connectivity index (χ3n) is 4.08. The Labute approximate surface area is 177 Å². The first kappa shape index (κ1) is 21.4. The van der Waals surface area contributed by atoms with Crippen molar-refractivity contribution in [3.63, 3.8) is 0 Å². The van der Waals surface area contributed by atoms with Crippen molar-refractivity contribution in [2.75, 3.05) is 30.9 Å². The number of anilines is 3. The number of benzene rings is 1. The van der Waals surface area contributed by atoms with Gasteiger partial charge in [-0.15, -0.1) is 0 Å². The minimum atomic E-state index is -1.08. The lowest BCUT2D eigenvalue weighted by atomic mass is 10.1. The lowest BCUT2D eigenvalue weighted by Gasteiger charge is -2.13. The number of ether oxygens (including phenoxy) is 1. The molecule has 0 aliphatic heterocycles. The molecule has 3 rings (SSSR count). The molecule has 2 aromatic heterocycles. The highest BCUT2D eigenvalue weighted by molar-refractivity contribution is 6.31. The average Bonchev–Trinajstić information content (AvgIpc) is 2.74. The molecule has 2 heterocycles. The zero-order chi connectivity index (χ0) is 21.5. The minimum Gasteiger partial charge on any atom is -0.478 e. The smallest absolute Gasteiger partial charge is 0.337 e. The van der Waals surface area contributed by atoms with Gasteiger partial charge in [0.15, 0.2) is 0 Å². The maximum absolute atomic E-state index is 13.4. The summed E-state index contributed by atoms with van der Waals surface area (Å²) in [6.45, 7) is 1.15. The van der Waals surface area contributed by atoms with Gasteiger partial charge < -0.3 is 20.5 Å². The third kappa shape index (κ3) is 5.40. The van der Waals surface area contributed by atoms with Crippen LogP contribution >= 0.6 is 11.6 Å². The molecule has 0 spiro atoms. The van der Waals surface area contributed by atoms with E-state index in [0.717, 1.165) is 6.42 Å². The van der Waals surface area contributed by atoms with E-state index in [9.17, 15) is 14.3 Å². The van der Waals surface area contributed by atoms with Gasteiger partial charge in [0.05, 0.1) is 10.6 Å². The number of nitrogens with zero attached hydrogens (tertiary/aromatic N) is 3. The fourth-order valence-corrected chi connectivity index (χ4v) is 2.80. The molecule has 0 atom stereocenters. The Kier molecular flexibility index (Phi) is 7.10. The molecule has 0 saturated heterocycles. The van der Waals surface area contributed by atoms with Crippen LogP contribution in [0.5, 0.6) is 0 Å². The van der Waals surface area contributed by atoms with Crippen molar-refractivity contribution in [1.82, 2.24) is 15.0 Å². The number of nitrogens with one attached hydrogen (secondary N) is 2. The lowest BCUT2D eigenvalue weighted by Crippen LogP contribution is -2.09. The standard InChI is InChI=1S/C20H19ClFN5O3/c1-30-6-2-5-24-18-15(12-7-13(19(28)29)10-23-9-12)11-25-20(27-18)26-14-3-4-17(22)16(21)8-14/h3-4,7-11H,2,5-6H2,1H3,(H,28,29)(H2,24,25,26,27). The van der Waals surface area contributed by atoms with Gasteiger partial charge in [-0.3, -0.25) is 4.98 Å². The van der Waals surface area contributed by atoms with E-state index in [1.807, 2.05) is 0 Å². The second-order valence-electron chi connectivity index (χ2n) is 6.25. The Hall–Kier alpha value is -3.30. The summed E-state index contributed by atoms with van der Waals surface area (Å²) in [6, 6.07) is 5.69. The van der Waals surface area contributed by atoms with Gasteiger partial charge in [0.1, 0.15) is 11.6 Å². The normalized spacial score (nSPS) is 10.6. The number of rotatable bonds is 9. The topological polar surface area (TPSA) is 109 Å². The molecule has 0 unspecified atom stereocenters. The summed E-state index contributed by atoms with van der Waals surface area (Å²) in [4.78, 5) is 24.0. The van der Waals surface area contributed by atoms with Crippen LogP contribution in [0, 0.1) is 5.82 Å². The molecule has 0 fully saturated rings. The van der Waals surface area contributed by atoms with E-state index in [-0.39, 0.29) is 16.5 Å². The van der Waals surface area contributed by atoms with Crippen molar-refractivity contribution >= 4 is 35.0 Å². The van der Waals surface area contributed by atoms with Gasteiger partial charge in [-0.05, 0) is 30.7 Å². The lowest BCUT2D eigenvalue weighted by molar-refractivity contribution is 0.0696. The molecule has 3 aromatic rings. The summed E-state index contributed by atoms with van der Waals surface area (Å²) in [6.07, 6.45) is 5.11. The second kappa shape index (κ2) is 9.95. The van der Waals surface area contributed by atoms with Crippen molar-refractivity contribution < 1.29 is 19.0 Å². The first-order chi connectivity index (χ1) is 14.5. The van der Waals surface area contributed by atoms with Gasteiger partial charge in [0.25, 0.3) is 0 Å². The number of pyridine rings is 1. The third-order valence-corrected chi connectivity index (χ3v) is 4.37. The Bertz CT molecular complexity index is 1050. The van der Waals surface area contributed by atoms with E-state index in [4.69, 9.17) is 16.3 Å². The van der Waals surface area contributed by atoms with Crippen LogP contribution in [0.1, 0.15) is 16.8 Å². The SMILES string of the molecule is COCCCNc1nc(Nc2ccc(F)c(Cl)c2)ncc1-c1cncc(C(=O)O)c1. The van der Waals surface area contributed by atoms with Crippen LogP contribution < -0.4 is 10.6 Å². The van der Waals surface area contributed by atoms with Gasteiger partial charge in [0.2, 0.25) is 5.95 Å². The van der Waals surface area contributed by atoms with Crippen molar-refractivity contribution in [2.45, 2.75) is 6.42 Å². The number of aromatic carboxylic acids is 1. The summed E-state index contributed by atoms with van der Waals surface area (Å²) < 4.78 is 18.4. The Morgan fingerprint density at radius 3 is 2.83 bits per heavy atom. The zero-order valence-corrected chi connectivity index (χ0v) is 16.8. The highest BCUT2D eigenvalue weighted by atomic mass is 35.5. The van der Waals surface area contributed by atoms with Crippen molar-refractivity contribution in [3.05, 3.63) is 59.3 Å². The van der Waals surface area contributed by atoms with E-state index in [1.165, 1.54) is 36.7 Å². The summed E-state index contributed by atoms with van der Waals surface area (Å²) in [5.41, 5.74) is 1.72. The number of carboxylic acids is 1. The molecule has 0 aliphatic carbocycles. The molecule has 0 amide bonds. The molecule has 8 nitrogen and oxygen atoms in total. The molecule has 30 heavy (non-hydrogen) atoms. The van der Waals surface area contributed by atoms with Gasteiger partial charge >= 0.3 is 5.97 Å². The summed E-state index contributed by atoms with van der Waals surface area (Å²) in [5, 5.41) is 15.4. The van der Waals surface area contributed by atoms with Gasteiger partial charge in [-0.1, -0.05) is 11.6 Å². The van der Waals surface area contributed by atoms with Crippen LogP contribution in [-0.4, -0.2) is 46.3 Å². The average molecular weight is 432 g/mol. The van der Waals surface area contributed by atoms with E-state index >= 15 is 0 Å². The fraction of sp³-hybridized carbons (Fsp3) is 0.200. The Morgan fingerprint density at radius 1 is 1.27 bits per heavy atom. The van der Waals surface area contributed by atoms with E-state index in [0.29, 0.717) is 35.8 Å². The summed E-state index contributed by atoms with van der Waals surface area (Å²) in [5.74, 6) is -0.852. The number of carboxylic acid groups (broad SMARTS) is 1. The van der Waals surface area contributed by atoms with Crippen LogP contribution in [-0.2, 0) is 4.74 Å². The number of halogens is 2. The first-order valence-electron chi connectivity index (χ1n) is 8.98. The van der Waals surface area contributed by atoms with Crippen molar-refractivity contribution in [2.24, 2.45) is 0 Å².